The van der Waals surface area contributed by atoms with Crippen LogP contribution in [0.4, 0.5) is 0 Å². The zero-order valence-electron chi connectivity index (χ0n) is 23.0. The Morgan fingerprint density at radius 2 is 1.31 bits per heavy atom. The lowest BCUT2D eigenvalue weighted by molar-refractivity contribution is 1.23. The van der Waals surface area contributed by atoms with E-state index in [0.29, 0.717) is 0 Å². The predicted molar refractivity (Wildman–Crippen MR) is 176 cm³/mol. The maximum atomic E-state index is 5.02. The smallest absolute Gasteiger partial charge is 0.0972 e. The summed E-state index contributed by atoms with van der Waals surface area (Å²) in [7, 11) is 0. The first-order valence-corrected chi connectivity index (χ1v) is 14.6. The molecule has 2 aliphatic rings. The fraction of sp³-hybridized carbons (Fsp3) is 0.0500. The molecule has 0 saturated heterocycles. The minimum absolute atomic E-state index is 0.945. The number of rotatable bonds is 3. The van der Waals surface area contributed by atoms with E-state index in [1.54, 1.807) is 0 Å². The molecule has 0 atom stereocenters. The van der Waals surface area contributed by atoms with Crippen LogP contribution in [0.2, 0.25) is 0 Å². The van der Waals surface area contributed by atoms with Gasteiger partial charge in [0.15, 0.2) is 0 Å². The highest BCUT2D eigenvalue weighted by molar-refractivity contribution is 6.08. The van der Waals surface area contributed by atoms with Gasteiger partial charge in [0, 0.05) is 22.5 Å². The summed E-state index contributed by atoms with van der Waals surface area (Å²) in [6.07, 6.45) is 10.9. The molecule has 0 spiro atoms. The lowest BCUT2D eigenvalue weighted by Crippen LogP contribution is -2.03. The molecule has 0 aliphatic heterocycles. The van der Waals surface area contributed by atoms with E-state index < -0.39 is 0 Å². The molecule has 2 heteroatoms. The average molecular weight is 535 g/mol. The molecule has 0 fully saturated rings. The zero-order valence-corrected chi connectivity index (χ0v) is 23.0. The first kappa shape index (κ1) is 23.4. The van der Waals surface area contributed by atoms with Crippen molar-refractivity contribution in [1.82, 2.24) is 9.97 Å². The van der Waals surface area contributed by atoms with Crippen LogP contribution in [0, 0.1) is 0 Å². The first-order chi connectivity index (χ1) is 20.8. The van der Waals surface area contributed by atoms with Crippen molar-refractivity contribution in [2.24, 2.45) is 0 Å². The van der Waals surface area contributed by atoms with Gasteiger partial charge in [0.05, 0.1) is 16.7 Å². The third-order valence-corrected chi connectivity index (χ3v) is 8.97. The van der Waals surface area contributed by atoms with Crippen molar-refractivity contribution in [3.8, 4) is 33.5 Å². The Morgan fingerprint density at radius 3 is 2.14 bits per heavy atom. The van der Waals surface area contributed by atoms with Gasteiger partial charge in [0.2, 0.25) is 0 Å². The summed E-state index contributed by atoms with van der Waals surface area (Å²) in [4.78, 5) is 9.62. The number of pyridine rings is 2. The summed E-state index contributed by atoms with van der Waals surface area (Å²) in [5.41, 5.74) is 14.6. The van der Waals surface area contributed by atoms with Gasteiger partial charge in [-0.25, -0.2) is 4.98 Å². The van der Waals surface area contributed by atoms with Gasteiger partial charge in [-0.15, -0.1) is 0 Å². The Hall–Kier alpha value is -5.34. The average Bonchev–Trinajstić information content (AvgIpc) is 3.07. The molecule has 2 aliphatic carbocycles. The minimum atomic E-state index is 0.945. The van der Waals surface area contributed by atoms with E-state index in [0.717, 1.165) is 45.9 Å². The second-order valence-corrected chi connectivity index (χ2v) is 11.3. The van der Waals surface area contributed by atoms with Crippen molar-refractivity contribution in [2.75, 3.05) is 0 Å². The minimum Gasteiger partial charge on any atom is -0.254 e. The Bertz CT molecular complexity index is 2270. The predicted octanol–water partition coefficient (Wildman–Crippen LogP) is 10.3. The fourth-order valence-electron chi connectivity index (χ4n) is 6.83. The van der Waals surface area contributed by atoms with E-state index in [1.807, 2.05) is 12.3 Å². The third kappa shape index (κ3) is 3.59. The van der Waals surface area contributed by atoms with Gasteiger partial charge in [0.1, 0.15) is 0 Å². The van der Waals surface area contributed by atoms with E-state index in [-0.39, 0.29) is 0 Å². The van der Waals surface area contributed by atoms with Crippen LogP contribution < -0.4 is 0 Å². The van der Waals surface area contributed by atoms with Crippen LogP contribution in [0.3, 0.4) is 0 Å². The topological polar surface area (TPSA) is 25.8 Å². The molecule has 5 aromatic carbocycles. The number of fused-ring (bicyclic) bond motifs is 3. The normalized spacial score (nSPS) is 13.6. The monoisotopic (exact) mass is 534 g/mol. The van der Waals surface area contributed by atoms with Crippen molar-refractivity contribution >= 4 is 44.2 Å². The van der Waals surface area contributed by atoms with Crippen LogP contribution in [0.1, 0.15) is 23.1 Å². The third-order valence-electron chi connectivity index (χ3n) is 8.97. The Balaban J connectivity index is 1.05. The second-order valence-electron chi connectivity index (χ2n) is 11.3. The molecule has 0 radical (unpaired) electrons. The Labute approximate surface area is 244 Å². The molecular formula is C40H26N2. The summed E-state index contributed by atoms with van der Waals surface area (Å²) < 4.78 is 0. The molecule has 0 unspecified atom stereocenters. The molecule has 196 valence electrons. The lowest BCUT2D eigenvalue weighted by atomic mass is 9.80. The molecule has 2 nitrogen and oxygen atoms in total. The van der Waals surface area contributed by atoms with E-state index in [1.165, 1.54) is 55.3 Å². The highest BCUT2D eigenvalue weighted by atomic mass is 14.7. The molecule has 0 bridgehead atoms. The molecule has 2 heterocycles. The van der Waals surface area contributed by atoms with E-state index in [9.17, 15) is 0 Å². The molecule has 7 aromatic rings. The Kier molecular flexibility index (Phi) is 5.06. The SMILES string of the molecule is C1=Cc2ccc3c(-c4ccc(-c5ccc(-c6ccc7ccc8cccnc8c7n6)cc5)cc4)ccc4c3c2C(=CC4)C1. The number of hydrogen-bond acceptors (Lipinski definition) is 2. The first-order valence-electron chi connectivity index (χ1n) is 14.6. The highest BCUT2D eigenvalue weighted by Gasteiger charge is 2.21. The van der Waals surface area contributed by atoms with Gasteiger partial charge >= 0.3 is 0 Å². The van der Waals surface area contributed by atoms with E-state index in [4.69, 9.17) is 4.98 Å². The standard InChI is InChI=1S/C40H26N2/c1-3-29-14-15-31-18-21-34(35-22-19-30(4-1)37(29)38(31)35)27-10-6-25(7-11-27)26-8-12-28(13-9-26)36-23-20-33-17-16-32-5-2-24-41-39(32)40(33)42-36/h1-2,4-14,16-24H,3,15H2. The van der Waals surface area contributed by atoms with Crippen molar-refractivity contribution in [3.63, 3.8) is 0 Å². The zero-order chi connectivity index (χ0) is 27.6. The van der Waals surface area contributed by atoms with Crippen LogP contribution >= 0.6 is 0 Å². The summed E-state index contributed by atoms with van der Waals surface area (Å²) in [5, 5.41) is 5.02. The second kappa shape index (κ2) is 9.09. The van der Waals surface area contributed by atoms with Crippen LogP contribution in [-0.4, -0.2) is 9.97 Å². The van der Waals surface area contributed by atoms with Crippen LogP contribution in [0.5, 0.6) is 0 Å². The van der Waals surface area contributed by atoms with Gasteiger partial charge in [-0.05, 0) is 80.3 Å². The maximum Gasteiger partial charge on any atom is 0.0972 e. The molecule has 0 amide bonds. The van der Waals surface area contributed by atoms with Crippen molar-refractivity contribution in [3.05, 3.63) is 144 Å². The number of aromatic nitrogens is 2. The molecule has 0 N–H and O–H groups in total. The van der Waals surface area contributed by atoms with Crippen molar-refractivity contribution < 1.29 is 0 Å². The largest absolute Gasteiger partial charge is 0.254 e. The van der Waals surface area contributed by atoms with E-state index in [2.05, 4.69) is 126 Å². The van der Waals surface area contributed by atoms with Gasteiger partial charge in [-0.3, -0.25) is 4.98 Å². The highest BCUT2D eigenvalue weighted by Crippen LogP contribution is 2.43. The van der Waals surface area contributed by atoms with Crippen LogP contribution in [-0.2, 0) is 6.42 Å². The summed E-state index contributed by atoms with van der Waals surface area (Å²) in [6.45, 7) is 0. The summed E-state index contributed by atoms with van der Waals surface area (Å²) in [6, 6.07) is 39.5. The quantitative estimate of drug-likeness (QED) is 0.211. The van der Waals surface area contributed by atoms with Crippen LogP contribution in [0.15, 0.2) is 128 Å². The fourth-order valence-corrected chi connectivity index (χ4v) is 6.83. The maximum absolute atomic E-state index is 5.02. The molecule has 2 aromatic heterocycles. The molecule has 0 saturated carbocycles. The summed E-state index contributed by atoms with van der Waals surface area (Å²) >= 11 is 0. The van der Waals surface area contributed by atoms with Gasteiger partial charge in [0.25, 0.3) is 0 Å². The lowest BCUT2D eigenvalue weighted by Gasteiger charge is -2.24. The Morgan fingerprint density at radius 1 is 0.571 bits per heavy atom. The number of hydrogen-bond donors (Lipinski definition) is 0. The summed E-state index contributed by atoms with van der Waals surface area (Å²) in [5.74, 6) is 0. The van der Waals surface area contributed by atoms with Gasteiger partial charge < -0.3 is 0 Å². The van der Waals surface area contributed by atoms with Crippen molar-refractivity contribution in [1.29, 1.82) is 0 Å². The molecule has 9 rings (SSSR count). The number of allylic oxidation sites excluding steroid dienone is 3. The molecule has 42 heavy (non-hydrogen) atoms. The van der Waals surface area contributed by atoms with Gasteiger partial charge in [-0.1, -0.05) is 115 Å². The van der Waals surface area contributed by atoms with Crippen LogP contribution in [0.25, 0.3) is 77.7 Å². The van der Waals surface area contributed by atoms with Gasteiger partial charge in [-0.2, -0.15) is 0 Å². The van der Waals surface area contributed by atoms with E-state index >= 15 is 0 Å². The number of benzene rings is 5. The van der Waals surface area contributed by atoms with Crippen molar-refractivity contribution in [2.45, 2.75) is 12.8 Å². The number of nitrogens with zero attached hydrogens (tertiary/aromatic N) is 2. The molecular weight excluding hydrogens is 508 g/mol.